The minimum absolute atomic E-state index is 0. The number of hydrogen-bond acceptors (Lipinski definition) is 3. The molecule has 1 aliphatic rings. The summed E-state index contributed by atoms with van der Waals surface area (Å²) in [7, 11) is 0. The van der Waals surface area contributed by atoms with E-state index in [1.54, 1.807) is 11.8 Å². The largest absolute Gasteiger partial charge is 0.340 e. The molecule has 2 aromatic carbocycles. The first-order chi connectivity index (χ1) is 9.94. The van der Waals surface area contributed by atoms with Crippen molar-refractivity contribution in [3.8, 4) is 0 Å². The van der Waals surface area contributed by atoms with Crippen LogP contribution in [0.5, 0.6) is 0 Å². The molecule has 5 heteroatoms. The zero-order valence-electron chi connectivity index (χ0n) is 12.7. The monoisotopic (exact) mass is 328 g/mol. The molecule has 0 aliphatic carbocycles. The molecule has 0 fully saturated rings. The van der Waals surface area contributed by atoms with Gasteiger partial charge in [0, 0.05) is 24.1 Å². The van der Waals surface area contributed by atoms with E-state index in [4.69, 9.17) is 20.1 Å². The molecule has 20 heavy (non-hydrogen) atoms. The molecule has 0 spiro atoms. The Balaban J connectivity index is 0.00000176. The van der Waals surface area contributed by atoms with Gasteiger partial charge in [0.2, 0.25) is 0 Å². The number of hydrogen-bond donors (Lipinski definition) is 1. The van der Waals surface area contributed by atoms with Gasteiger partial charge in [0.05, 0.1) is 11.4 Å². The zero-order chi connectivity index (χ0) is 15.0. The van der Waals surface area contributed by atoms with Crippen LogP contribution in [0, 0.1) is 0 Å². The summed E-state index contributed by atoms with van der Waals surface area (Å²) in [5, 5.41) is 0.675. The molecule has 0 amide bonds. The maximum atomic E-state index is 7.55. The Bertz CT molecular complexity index is 677. The van der Waals surface area contributed by atoms with Gasteiger partial charge < -0.3 is 10.6 Å². The summed E-state index contributed by atoms with van der Waals surface area (Å²) in [6.45, 7) is -1.17. The van der Waals surface area contributed by atoms with Crippen molar-refractivity contribution in [3.05, 3.63) is 47.5 Å². The Morgan fingerprint density at radius 1 is 1.15 bits per heavy atom. The van der Waals surface area contributed by atoms with Crippen LogP contribution in [-0.2, 0) is 0 Å². The predicted octanol–water partition coefficient (Wildman–Crippen LogP) is 4.71. The van der Waals surface area contributed by atoms with Gasteiger partial charge in [0.25, 0.3) is 0 Å². The Kier molecular flexibility index (Phi) is 4.32. The Labute approximate surface area is 137 Å². The van der Waals surface area contributed by atoms with Crippen molar-refractivity contribution < 1.29 is 2.74 Å². The fourth-order valence-corrected chi connectivity index (χ4v) is 3.46. The van der Waals surface area contributed by atoms with Gasteiger partial charge in [-0.1, -0.05) is 35.5 Å². The highest BCUT2D eigenvalue weighted by atomic mass is 35.5. The maximum Gasteiger partial charge on any atom is 0.0567 e. The number of fused-ring (bicyclic) bond motifs is 2. The summed E-state index contributed by atoms with van der Waals surface area (Å²) < 4.78 is 15.1. The average Bonchev–Trinajstić information content (AvgIpc) is 2.43. The van der Waals surface area contributed by atoms with Crippen molar-refractivity contribution in [1.82, 2.24) is 0 Å². The van der Waals surface area contributed by atoms with Crippen molar-refractivity contribution in [2.24, 2.45) is 5.73 Å². The molecule has 0 unspecified atom stereocenters. The number of nitrogens with two attached hydrogens (primary N) is 1. The van der Waals surface area contributed by atoms with E-state index < -0.39 is 6.50 Å². The van der Waals surface area contributed by atoms with Crippen molar-refractivity contribution in [3.63, 3.8) is 0 Å². The summed E-state index contributed by atoms with van der Waals surface area (Å²) in [6.07, 6.45) is 0.248. The molecule has 3 rings (SSSR count). The Morgan fingerprint density at radius 3 is 2.70 bits per heavy atom. The molecule has 2 nitrogen and oxygen atoms in total. The maximum absolute atomic E-state index is 7.55. The minimum Gasteiger partial charge on any atom is -0.340 e. The molecule has 0 bridgehead atoms. The van der Waals surface area contributed by atoms with E-state index in [0.29, 0.717) is 11.6 Å². The quantitative estimate of drug-likeness (QED) is 0.884. The van der Waals surface area contributed by atoms with E-state index in [1.165, 1.54) is 0 Å². The number of halogens is 2. The lowest BCUT2D eigenvalue weighted by atomic mass is 10.2. The number of para-hydroxylation sites is 1. The number of benzene rings is 2. The van der Waals surface area contributed by atoms with Crippen LogP contribution in [0.2, 0.25) is 5.02 Å². The second-order valence-electron chi connectivity index (χ2n) is 4.29. The topological polar surface area (TPSA) is 29.3 Å². The van der Waals surface area contributed by atoms with Crippen LogP contribution in [0.4, 0.5) is 11.4 Å². The number of anilines is 2. The SMILES string of the molecule is Cl.[2H]C([2H])(N)CCN1c2ccccc2Sc2ccc(Cl)cc21. The molecule has 1 aliphatic heterocycles. The third-order valence-electron chi connectivity index (χ3n) is 3.07. The summed E-state index contributed by atoms with van der Waals surface area (Å²) in [6, 6.07) is 13.9. The lowest BCUT2D eigenvalue weighted by Crippen LogP contribution is -2.23. The molecule has 0 saturated carbocycles. The van der Waals surface area contributed by atoms with Crippen molar-refractivity contribution in [2.45, 2.75) is 16.2 Å². The summed E-state index contributed by atoms with van der Waals surface area (Å²) in [5.74, 6) is 0. The van der Waals surface area contributed by atoms with Gasteiger partial charge in [-0.05, 0) is 43.2 Å². The van der Waals surface area contributed by atoms with Crippen molar-refractivity contribution >= 4 is 47.1 Å². The first kappa shape index (κ1) is 12.8. The van der Waals surface area contributed by atoms with Crippen LogP contribution in [-0.4, -0.2) is 13.0 Å². The van der Waals surface area contributed by atoms with Crippen molar-refractivity contribution in [1.29, 1.82) is 0 Å². The molecule has 1 heterocycles. The molecule has 2 N–H and O–H groups in total. The van der Waals surface area contributed by atoms with Crippen LogP contribution in [0.3, 0.4) is 0 Å². The fourth-order valence-electron chi connectivity index (χ4n) is 2.22. The fraction of sp³-hybridized carbons (Fsp3) is 0.200. The lowest BCUT2D eigenvalue weighted by Gasteiger charge is -2.32. The van der Waals surface area contributed by atoms with Crippen LogP contribution < -0.4 is 10.6 Å². The third kappa shape index (κ3) is 2.91. The molecule has 0 saturated heterocycles. The third-order valence-corrected chi connectivity index (χ3v) is 4.43. The standard InChI is InChI=1S/C15H15ClN2S.ClH/c16-11-6-7-15-13(10-11)18(9-3-8-17)12-4-1-2-5-14(12)19-15;/h1-2,4-7,10H,3,8-9,17H2;1H/i8D2;. The highest BCUT2D eigenvalue weighted by molar-refractivity contribution is 7.99. The first-order valence-electron chi connectivity index (χ1n) is 7.07. The van der Waals surface area contributed by atoms with E-state index in [2.05, 4.69) is 11.0 Å². The van der Waals surface area contributed by atoms with Crippen LogP contribution >= 0.6 is 35.8 Å². The van der Waals surface area contributed by atoms with E-state index in [1.807, 2.05) is 36.4 Å². The summed E-state index contributed by atoms with van der Waals surface area (Å²) in [4.78, 5) is 4.37. The van der Waals surface area contributed by atoms with E-state index in [0.717, 1.165) is 21.2 Å². The minimum atomic E-state index is -1.68. The first-order valence-corrected chi connectivity index (χ1v) is 7.26. The molecule has 106 valence electrons. The van der Waals surface area contributed by atoms with Gasteiger partial charge in [-0.15, -0.1) is 12.4 Å². The molecule has 0 atom stereocenters. The Morgan fingerprint density at radius 2 is 1.90 bits per heavy atom. The van der Waals surface area contributed by atoms with Gasteiger partial charge in [-0.2, -0.15) is 0 Å². The number of nitrogens with zero attached hydrogens (tertiary/aromatic N) is 1. The van der Waals surface area contributed by atoms with Gasteiger partial charge in [0.15, 0.2) is 0 Å². The van der Waals surface area contributed by atoms with E-state index >= 15 is 0 Å². The highest BCUT2D eigenvalue weighted by Crippen LogP contribution is 2.48. The van der Waals surface area contributed by atoms with Crippen molar-refractivity contribution in [2.75, 3.05) is 17.9 Å². The van der Waals surface area contributed by atoms with Gasteiger partial charge in [-0.25, -0.2) is 0 Å². The highest BCUT2D eigenvalue weighted by Gasteiger charge is 2.22. The van der Waals surface area contributed by atoms with Crippen LogP contribution in [0.15, 0.2) is 52.3 Å². The average molecular weight is 329 g/mol. The molecular formula is C15H16Cl2N2S. The zero-order valence-corrected chi connectivity index (χ0v) is 13.1. The lowest BCUT2D eigenvalue weighted by molar-refractivity contribution is 0.807. The second-order valence-corrected chi connectivity index (χ2v) is 5.81. The normalized spacial score (nSPS) is 14.6. The van der Waals surface area contributed by atoms with Gasteiger partial charge in [-0.3, -0.25) is 0 Å². The summed E-state index contributed by atoms with van der Waals surface area (Å²) in [5.41, 5.74) is 7.58. The van der Waals surface area contributed by atoms with Crippen LogP contribution in [0.25, 0.3) is 0 Å². The van der Waals surface area contributed by atoms with Gasteiger partial charge in [0.1, 0.15) is 0 Å². The summed E-state index contributed by atoms with van der Waals surface area (Å²) >= 11 is 7.83. The smallest absolute Gasteiger partial charge is 0.0567 e. The molecular weight excluding hydrogens is 311 g/mol. The predicted molar refractivity (Wildman–Crippen MR) is 89.9 cm³/mol. The molecule has 2 aromatic rings. The van der Waals surface area contributed by atoms with Gasteiger partial charge >= 0.3 is 0 Å². The second kappa shape index (κ2) is 6.72. The van der Waals surface area contributed by atoms with E-state index in [-0.39, 0.29) is 18.8 Å². The van der Waals surface area contributed by atoms with Crippen LogP contribution in [0.1, 0.15) is 9.16 Å². The Hall–Kier alpha value is -0.870. The molecule has 0 radical (unpaired) electrons. The van der Waals surface area contributed by atoms with E-state index in [9.17, 15) is 0 Å². The number of rotatable bonds is 3. The molecule has 0 aromatic heterocycles.